The number of pyridine rings is 1. The highest BCUT2D eigenvalue weighted by Gasteiger charge is 2.35. The van der Waals surface area contributed by atoms with Crippen molar-refractivity contribution in [3.8, 4) is 0 Å². The third-order valence-electron chi connectivity index (χ3n) is 5.12. The molecular formula is C16H18ClFN6O2S. The average Bonchev–Trinajstić information content (AvgIpc) is 3.17. The molecule has 11 heteroatoms. The molecule has 27 heavy (non-hydrogen) atoms. The van der Waals surface area contributed by atoms with Gasteiger partial charge in [0, 0.05) is 38.0 Å². The maximum absolute atomic E-state index is 14.4. The van der Waals surface area contributed by atoms with Crippen LogP contribution >= 0.6 is 11.6 Å². The Kier molecular flexibility index (Phi) is 4.44. The topological polar surface area (TPSA) is 85.4 Å². The number of halogens is 2. The summed E-state index contributed by atoms with van der Waals surface area (Å²) in [5, 5.41) is 7.99. The lowest BCUT2D eigenvalue weighted by atomic mass is 9.91. The van der Waals surface area contributed by atoms with E-state index in [-0.39, 0.29) is 34.9 Å². The van der Waals surface area contributed by atoms with E-state index in [2.05, 4.69) is 15.2 Å². The smallest absolute Gasteiger partial charge is 0.248 e. The van der Waals surface area contributed by atoms with E-state index in [1.807, 2.05) is 0 Å². The quantitative estimate of drug-likeness (QED) is 0.657. The van der Waals surface area contributed by atoms with Crippen LogP contribution in [0.2, 0.25) is 5.15 Å². The highest BCUT2D eigenvalue weighted by molar-refractivity contribution is 7.89. The van der Waals surface area contributed by atoms with Gasteiger partial charge in [-0.15, -0.1) is 0 Å². The van der Waals surface area contributed by atoms with E-state index in [4.69, 9.17) is 11.6 Å². The lowest BCUT2D eigenvalue weighted by molar-refractivity contribution is 0.315. The molecule has 3 aromatic heterocycles. The van der Waals surface area contributed by atoms with Crippen molar-refractivity contribution in [1.29, 1.82) is 0 Å². The highest BCUT2D eigenvalue weighted by Crippen LogP contribution is 2.34. The summed E-state index contributed by atoms with van der Waals surface area (Å²) in [6.45, 7) is 2.24. The number of hydrogen-bond donors (Lipinski definition) is 0. The predicted molar refractivity (Wildman–Crippen MR) is 96.6 cm³/mol. The van der Waals surface area contributed by atoms with Gasteiger partial charge in [-0.1, -0.05) is 11.6 Å². The van der Waals surface area contributed by atoms with Gasteiger partial charge in [0.2, 0.25) is 10.0 Å². The van der Waals surface area contributed by atoms with E-state index in [0.717, 1.165) is 0 Å². The summed E-state index contributed by atoms with van der Waals surface area (Å²) in [5.74, 6) is -0.432. The van der Waals surface area contributed by atoms with Crippen LogP contribution in [0.25, 0.3) is 5.65 Å². The van der Waals surface area contributed by atoms with Crippen LogP contribution in [-0.4, -0.2) is 50.2 Å². The molecule has 0 radical (unpaired) electrons. The SMILES string of the molecule is Cc1c(S(=O)(=O)N2CCC(c3cn4ncnc4cc3F)CC2)c(Cl)nn1C. The number of nitrogens with zero attached hydrogens (tertiary/aromatic N) is 6. The molecule has 8 nitrogen and oxygen atoms in total. The second kappa shape index (κ2) is 6.54. The monoisotopic (exact) mass is 412 g/mol. The van der Waals surface area contributed by atoms with E-state index in [9.17, 15) is 12.8 Å². The first-order chi connectivity index (χ1) is 12.8. The van der Waals surface area contributed by atoms with Gasteiger partial charge in [-0.05, 0) is 25.7 Å². The van der Waals surface area contributed by atoms with Crippen LogP contribution in [0.15, 0.2) is 23.5 Å². The Morgan fingerprint density at radius 1 is 1.30 bits per heavy atom. The fourth-order valence-corrected chi connectivity index (χ4v) is 5.78. The molecular weight excluding hydrogens is 395 g/mol. The first-order valence-electron chi connectivity index (χ1n) is 8.47. The van der Waals surface area contributed by atoms with Crippen LogP contribution in [0.5, 0.6) is 0 Å². The fourth-order valence-electron chi connectivity index (χ4n) is 3.53. The van der Waals surface area contributed by atoms with Gasteiger partial charge in [0.25, 0.3) is 0 Å². The normalized spacial score (nSPS) is 17.0. The Morgan fingerprint density at radius 3 is 2.63 bits per heavy atom. The van der Waals surface area contributed by atoms with Crippen LogP contribution < -0.4 is 0 Å². The number of aromatic nitrogens is 5. The summed E-state index contributed by atoms with van der Waals surface area (Å²) >= 11 is 6.04. The number of sulfonamides is 1. The molecule has 0 aromatic carbocycles. The molecule has 0 unspecified atom stereocenters. The molecule has 0 atom stereocenters. The summed E-state index contributed by atoms with van der Waals surface area (Å²) in [5.41, 5.74) is 1.46. The Bertz CT molecular complexity index is 1120. The molecule has 0 bridgehead atoms. The molecule has 1 aliphatic heterocycles. The van der Waals surface area contributed by atoms with Gasteiger partial charge in [-0.25, -0.2) is 22.3 Å². The van der Waals surface area contributed by atoms with Crippen molar-refractivity contribution in [2.45, 2.75) is 30.6 Å². The molecule has 4 heterocycles. The van der Waals surface area contributed by atoms with Crippen LogP contribution in [-0.2, 0) is 17.1 Å². The minimum Gasteiger partial charge on any atom is -0.270 e. The van der Waals surface area contributed by atoms with Crippen LogP contribution in [0, 0.1) is 12.7 Å². The van der Waals surface area contributed by atoms with Crippen molar-refractivity contribution in [3.05, 3.63) is 40.8 Å². The van der Waals surface area contributed by atoms with E-state index >= 15 is 0 Å². The lowest BCUT2D eigenvalue weighted by Crippen LogP contribution is -2.38. The molecule has 0 aliphatic carbocycles. The van der Waals surface area contributed by atoms with Gasteiger partial charge >= 0.3 is 0 Å². The maximum Gasteiger partial charge on any atom is 0.248 e. The molecule has 1 aliphatic rings. The number of aryl methyl sites for hydroxylation is 1. The van der Waals surface area contributed by atoms with Gasteiger partial charge in [0.15, 0.2) is 10.8 Å². The average molecular weight is 413 g/mol. The van der Waals surface area contributed by atoms with Gasteiger partial charge in [-0.3, -0.25) is 4.68 Å². The molecule has 0 amide bonds. The van der Waals surface area contributed by atoms with E-state index in [1.165, 1.54) is 25.9 Å². The van der Waals surface area contributed by atoms with Gasteiger partial charge in [-0.2, -0.15) is 14.5 Å². The summed E-state index contributed by atoms with van der Waals surface area (Å²) in [7, 11) is -2.10. The largest absolute Gasteiger partial charge is 0.270 e. The predicted octanol–water partition coefficient (Wildman–Crippen LogP) is 2.13. The third kappa shape index (κ3) is 3.01. The Labute approximate surface area is 160 Å². The zero-order chi connectivity index (χ0) is 19.3. The molecule has 3 aromatic rings. The second-order valence-corrected chi connectivity index (χ2v) is 8.88. The third-order valence-corrected chi connectivity index (χ3v) is 7.55. The summed E-state index contributed by atoms with van der Waals surface area (Å²) < 4.78 is 44.8. The molecule has 4 rings (SSSR count). The van der Waals surface area contributed by atoms with Crippen molar-refractivity contribution in [3.63, 3.8) is 0 Å². The van der Waals surface area contributed by atoms with E-state index < -0.39 is 10.0 Å². The van der Waals surface area contributed by atoms with Gasteiger partial charge < -0.3 is 0 Å². The minimum absolute atomic E-state index is 0.0280. The van der Waals surface area contributed by atoms with Crippen molar-refractivity contribution >= 4 is 27.3 Å². The maximum atomic E-state index is 14.4. The van der Waals surface area contributed by atoms with Gasteiger partial charge in [0.05, 0.1) is 5.69 Å². The first-order valence-corrected chi connectivity index (χ1v) is 10.3. The Morgan fingerprint density at radius 2 is 2.00 bits per heavy atom. The van der Waals surface area contributed by atoms with Crippen LogP contribution in [0.4, 0.5) is 4.39 Å². The minimum atomic E-state index is -3.75. The molecule has 1 saturated heterocycles. The zero-order valence-corrected chi connectivity index (χ0v) is 16.4. The van der Waals surface area contributed by atoms with Crippen LogP contribution in [0.1, 0.15) is 30.0 Å². The second-order valence-electron chi connectivity index (χ2n) is 6.65. The van der Waals surface area contributed by atoms with E-state index in [1.54, 1.807) is 20.2 Å². The Balaban J connectivity index is 1.57. The summed E-state index contributed by atoms with van der Waals surface area (Å²) in [6.07, 6.45) is 4.02. The molecule has 0 spiro atoms. The summed E-state index contributed by atoms with van der Waals surface area (Å²) in [4.78, 5) is 4.01. The van der Waals surface area contributed by atoms with Crippen molar-refractivity contribution in [2.24, 2.45) is 7.05 Å². The lowest BCUT2D eigenvalue weighted by Gasteiger charge is -2.31. The standard InChI is InChI=1S/C16H18ClFN6O2S/c1-10-15(16(17)21-22(10)2)27(25,26)23-5-3-11(4-6-23)12-8-24-14(7-13(12)18)19-9-20-24/h7-9,11H,3-6H2,1-2H3. The first kappa shape index (κ1) is 18.3. The van der Waals surface area contributed by atoms with Crippen LogP contribution in [0.3, 0.4) is 0 Å². The van der Waals surface area contributed by atoms with E-state index in [0.29, 0.717) is 29.7 Å². The number of hydrogen-bond acceptors (Lipinski definition) is 5. The summed E-state index contributed by atoms with van der Waals surface area (Å²) in [6, 6.07) is 1.35. The molecule has 0 saturated carbocycles. The Hall–Kier alpha value is -2.04. The molecule has 1 fully saturated rings. The van der Waals surface area contributed by atoms with Crippen molar-refractivity contribution in [2.75, 3.05) is 13.1 Å². The van der Waals surface area contributed by atoms with Crippen molar-refractivity contribution in [1.82, 2.24) is 28.7 Å². The zero-order valence-electron chi connectivity index (χ0n) is 14.8. The highest BCUT2D eigenvalue weighted by atomic mass is 35.5. The number of rotatable bonds is 3. The van der Waals surface area contributed by atoms with Gasteiger partial charge in [0.1, 0.15) is 17.0 Å². The number of fused-ring (bicyclic) bond motifs is 1. The number of piperidine rings is 1. The molecule has 144 valence electrons. The fraction of sp³-hybridized carbons (Fsp3) is 0.438. The van der Waals surface area contributed by atoms with Crippen molar-refractivity contribution < 1.29 is 12.8 Å². The molecule has 0 N–H and O–H groups in total.